The zero-order chi connectivity index (χ0) is 13.2. The van der Waals surface area contributed by atoms with Crippen molar-refractivity contribution in [3.05, 3.63) is 54.1 Å². The molecule has 2 N–H and O–H groups in total. The first-order chi connectivity index (χ1) is 8.44. The second-order valence-corrected chi connectivity index (χ2v) is 5.52. The van der Waals surface area contributed by atoms with Gasteiger partial charge in [0.25, 0.3) is 0 Å². The quantitative estimate of drug-likeness (QED) is 0.838. The number of pyridine rings is 1. The smallest absolute Gasteiger partial charge is 0.324 e. The predicted octanol–water partition coefficient (Wildman–Crippen LogP) is 2.57. The molecule has 1 aromatic carbocycles. The van der Waals surface area contributed by atoms with Gasteiger partial charge in [0, 0.05) is 11.8 Å². The Bertz CT molecular complexity index is 595. The monoisotopic (exact) mass is 267 g/mol. The molecule has 6 heteroatoms. The van der Waals surface area contributed by atoms with Crippen LogP contribution in [0.2, 0.25) is 0 Å². The van der Waals surface area contributed by atoms with Crippen molar-refractivity contribution in [1.29, 1.82) is 0 Å². The molecule has 0 fully saturated rings. The third kappa shape index (κ3) is 3.47. The Kier molecular flexibility index (Phi) is 3.57. The topological polar surface area (TPSA) is 70.4 Å². The van der Waals surface area contributed by atoms with Crippen molar-refractivity contribution in [2.75, 3.05) is 0 Å². The summed E-state index contributed by atoms with van der Waals surface area (Å²) < 4.78 is 23.8. The van der Waals surface area contributed by atoms with Crippen LogP contribution in [-0.2, 0) is 10.7 Å². The molecule has 0 unspecified atom stereocenters. The molecule has 0 saturated heterocycles. The summed E-state index contributed by atoms with van der Waals surface area (Å²) in [5.41, 5.74) is 1.68. The standard InChI is InChI=1S/C12H11FNO3P/c13-11-3-1-2-9(6-11)10-4-5-12(14-7-10)8-18(15,16)17/h1-7H,8H2,(H2,15,16,17). The van der Waals surface area contributed by atoms with Gasteiger partial charge in [-0.2, -0.15) is 0 Å². The summed E-state index contributed by atoms with van der Waals surface area (Å²) in [6.07, 6.45) is 1.08. The van der Waals surface area contributed by atoms with Gasteiger partial charge in [0.2, 0.25) is 0 Å². The molecule has 2 rings (SSSR count). The Hall–Kier alpha value is -1.55. The van der Waals surface area contributed by atoms with Crippen molar-refractivity contribution < 1.29 is 18.7 Å². The minimum atomic E-state index is -4.11. The normalized spacial score (nSPS) is 11.5. The average molecular weight is 267 g/mol. The molecule has 0 spiro atoms. The minimum absolute atomic E-state index is 0.309. The van der Waals surface area contributed by atoms with Crippen LogP contribution >= 0.6 is 7.60 Å². The fraction of sp³-hybridized carbons (Fsp3) is 0.0833. The highest BCUT2D eigenvalue weighted by Crippen LogP contribution is 2.38. The summed E-state index contributed by atoms with van der Waals surface area (Å²) in [6, 6.07) is 9.24. The van der Waals surface area contributed by atoms with Gasteiger partial charge in [0.05, 0.1) is 11.9 Å². The molecular weight excluding hydrogens is 256 g/mol. The Balaban J connectivity index is 2.25. The molecule has 4 nitrogen and oxygen atoms in total. The van der Waals surface area contributed by atoms with Gasteiger partial charge in [-0.15, -0.1) is 0 Å². The van der Waals surface area contributed by atoms with Crippen LogP contribution in [-0.4, -0.2) is 14.8 Å². The maximum atomic E-state index is 13.0. The second-order valence-electron chi connectivity index (χ2n) is 3.87. The van der Waals surface area contributed by atoms with Crippen molar-refractivity contribution in [3.63, 3.8) is 0 Å². The molecule has 0 aliphatic heterocycles. The number of benzene rings is 1. The number of hydrogen-bond acceptors (Lipinski definition) is 2. The van der Waals surface area contributed by atoms with Gasteiger partial charge >= 0.3 is 7.60 Å². The Morgan fingerprint density at radius 2 is 1.94 bits per heavy atom. The molecule has 0 amide bonds. The van der Waals surface area contributed by atoms with Crippen LogP contribution in [0.1, 0.15) is 5.69 Å². The van der Waals surface area contributed by atoms with Gasteiger partial charge in [-0.1, -0.05) is 18.2 Å². The van der Waals surface area contributed by atoms with E-state index in [-0.39, 0.29) is 5.82 Å². The lowest BCUT2D eigenvalue weighted by atomic mass is 10.1. The molecule has 2 aromatic rings. The maximum absolute atomic E-state index is 13.0. The molecule has 18 heavy (non-hydrogen) atoms. The van der Waals surface area contributed by atoms with Crippen LogP contribution in [0.25, 0.3) is 11.1 Å². The number of hydrogen-bond donors (Lipinski definition) is 2. The van der Waals surface area contributed by atoms with Gasteiger partial charge in [0.15, 0.2) is 0 Å². The third-order valence-corrected chi connectivity index (χ3v) is 3.09. The lowest BCUT2D eigenvalue weighted by Crippen LogP contribution is -1.91. The molecule has 94 valence electrons. The number of rotatable bonds is 3. The largest absolute Gasteiger partial charge is 0.331 e. The second kappa shape index (κ2) is 4.98. The number of aromatic nitrogens is 1. The highest BCUT2D eigenvalue weighted by atomic mass is 31.2. The van der Waals surface area contributed by atoms with Gasteiger partial charge in [0.1, 0.15) is 5.82 Å². The van der Waals surface area contributed by atoms with Gasteiger partial charge in [-0.25, -0.2) is 4.39 Å². The van der Waals surface area contributed by atoms with Crippen LogP contribution in [0.5, 0.6) is 0 Å². The number of nitrogens with zero attached hydrogens (tertiary/aromatic N) is 1. The summed E-state index contributed by atoms with van der Waals surface area (Å²) in [5, 5.41) is 0. The van der Waals surface area contributed by atoms with Gasteiger partial charge in [-0.05, 0) is 23.8 Å². The van der Waals surface area contributed by atoms with Gasteiger partial charge in [-0.3, -0.25) is 9.55 Å². The Labute approximate surface area is 103 Å². The van der Waals surface area contributed by atoms with Crippen LogP contribution in [0, 0.1) is 5.82 Å². The summed E-state index contributed by atoms with van der Waals surface area (Å²) in [6.45, 7) is 0. The zero-order valence-electron chi connectivity index (χ0n) is 9.32. The van der Waals surface area contributed by atoms with E-state index in [0.717, 1.165) is 0 Å². The summed E-state index contributed by atoms with van der Waals surface area (Å²) in [7, 11) is -4.11. The first-order valence-electron chi connectivity index (χ1n) is 5.19. The molecule has 0 saturated carbocycles. The average Bonchev–Trinajstić information content (AvgIpc) is 2.28. The highest BCUT2D eigenvalue weighted by Gasteiger charge is 2.14. The van der Waals surface area contributed by atoms with Crippen LogP contribution in [0.15, 0.2) is 42.6 Å². The Morgan fingerprint density at radius 1 is 1.17 bits per heavy atom. The molecule has 0 bridgehead atoms. The maximum Gasteiger partial charge on any atom is 0.331 e. The predicted molar refractivity (Wildman–Crippen MR) is 65.4 cm³/mol. The first-order valence-corrected chi connectivity index (χ1v) is 6.99. The van der Waals surface area contributed by atoms with Crippen molar-refractivity contribution in [1.82, 2.24) is 4.98 Å². The lowest BCUT2D eigenvalue weighted by molar-refractivity contribution is 0.371. The first kappa shape index (κ1) is 12.9. The summed E-state index contributed by atoms with van der Waals surface area (Å²) >= 11 is 0. The highest BCUT2D eigenvalue weighted by molar-refractivity contribution is 7.50. The van der Waals surface area contributed by atoms with Crippen molar-refractivity contribution in [2.45, 2.75) is 6.16 Å². The molecule has 1 heterocycles. The third-order valence-electron chi connectivity index (χ3n) is 2.35. The van der Waals surface area contributed by atoms with E-state index in [2.05, 4.69) is 4.98 Å². The molecule has 0 radical (unpaired) electrons. The van der Waals surface area contributed by atoms with Crippen LogP contribution < -0.4 is 0 Å². The lowest BCUT2D eigenvalue weighted by Gasteiger charge is -2.05. The Morgan fingerprint density at radius 3 is 2.50 bits per heavy atom. The molecule has 0 aliphatic rings. The van der Waals surface area contributed by atoms with Gasteiger partial charge < -0.3 is 9.79 Å². The van der Waals surface area contributed by atoms with Crippen molar-refractivity contribution in [2.24, 2.45) is 0 Å². The van der Waals surface area contributed by atoms with Crippen molar-refractivity contribution in [3.8, 4) is 11.1 Å². The van der Waals surface area contributed by atoms with E-state index in [1.807, 2.05) is 0 Å². The molecular formula is C12H11FNO3P. The van der Waals surface area contributed by atoms with Crippen molar-refractivity contribution >= 4 is 7.60 Å². The van der Waals surface area contributed by atoms with E-state index in [9.17, 15) is 8.96 Å². The summed E-state index contributed by atoms with van der Waals surface area (Å²) in [5.74, 6) is -0.341. The van der Waals surface area contributed by atoms with Crippen LogP contribution in [0.3, 0.4) is 0 Å². The molecule has 1 aromatic heterocycles. The van der Waals surface area contributed by atoms with E-state index < -0.39 is 13.8 Å². The van der Waals surface area contributed by atoms with E-state index in [1.165, 1.54) is 24.4 Å². The molecule has 0 aliphatic carbocycles. The zero-order valence-corrected chi connectivity index (χ0v) is 10.2. The van der Waals surface area contributed by atoms with Crippen LogP contribution in [0.4, 0.5) is 4.39 Å². The van der Waals surface area contributed by atoms with E-state index in [0.29, 0.717) is 16.8 Å². The number of halogens is 1. The minimum Gasteiger partial charge on any atom is -0.324 e. The van der Waals surface area contributed by atoms with E-state index >= 15 is 0 Å². The summed E-state index contributed by atoms with van der Waals surface area (Å²) in [4.78, 5) is 21.6. The van der Waals surface area contributed by atoms with E-state index in [4.69, 9.17) is 9.79 Å². The fourth-order valence-electron chi connectivity index (χ4n) is 1.57. The fourth-order valence-corrected chi connectivity index (χ4v) is 2.18. The molecule has 0 atom stereocenters. The van der Waals surface area contributed by atoms with E-state index in [1.54, 1.807) is 18.2 Å². The SMILES string of the molecule is O=P(O)(O)Cc1ccc(-c2cccc(F)c2)cn1.